The van der Waals surface area contributed by atoms with Crippen molar-refractivity contribution in [3.05, 3.63) is 107 Å². The van der Waals surface area contributed by atoms with E-state index in [4.69, 9.17) is 18.9 Å². The fourth-order valence-electron chi connectivity index (χ4n) is 5.24. The number of aryl methyl sites for hydroxylation is 1. The minimum atomic E-state index is -4.00. The molecule has 41 heavy (non-hydrogen) atoms. The van der Waals surface area contributed by atoms with E-state index in [-0.39, 0.29) is 28.7 Å². The lowest BCUT2D eigenvalue weighted by molar-refractivity contribution is 0.253. The molecule has 0 fully saturated rings. The van der Waals surface area contributed by atoms with E-state index in [1.165, 1.54) is 24.6 Å². The van der Waals surface area contributed by atoms with Gasteiger partial charge in [0.25, 0.3) is 0 Å². The van der Waals surface area contributed by atoms with Gasteiger partial charge in [0.15, 0.2) is 23.0 Å². The van der Waals surface area contributed by atoms with Crippen LogP contribution in [0, 0.1) is 6.92 Å². The summed E-state index contributed by atoms with van der Waals surface area (Å²) >= 11 is 0. The predicted molar refractivity (Wildman–Crippen MR) is 155 cm³/mol. The van der Waals surface area contributed by atoms with E-state index in [0.717, 1.165) is 22.3 Å². The van der Waals surface area contributed by atoms with Crippen LogP contribution in [0.3, 0.4) is 0 Å². The van der Waals surface area contributed by atoms with Gasteiger partial charge < -0.3 is 24.1 Å². The zero-order chi connectivity index (χ0) is 29.1. The fourth-order valence-corrected chi connectivity index (χ4v) is 6.81. The summed E-state index contributed by atoms with van der Waals surface area (Å²) in [5.74, 6) is 1.35. The summed E-state index contributed by atoms with van der Waals surface area (Å²) in [6.45, 7) is 2.24. The number of aromatic hydroxyl groups is 1. The van der Waals surface area contributed by atoms with Crippen LogP contribution in [0.15, 0.2) is 83.8 Å². The van der Waals surface area contributed by atoms with Crippen molar-refractivity contribution < 1.29 is 32.5 Å². The number of ether oxygens (including phenoxy) is 4. The highest BCUT2D eigenvalue weighted by molar-refractivity contribution is 7.89. The van der Waals surface area contributed by atoms with Crippen molar-refractivity contribution in [1.29, 1.82) is 0 Å². The molecule has 1 atom stereocenters. The highest BCUT2D eigenvalue weighted by atomic mass is 32.2. The molecule has 1 aliphatic heterocycles. The summed E-state index contributed by atoms with van der Waals surface area (Å²) in [5.41, 5.74) is 4.16. The Hall–Kier alpha value is -4.21. The summed E-state index contributed by atoms with van der Waals surface area (Å²) in [7, 11) is 0.468. The Bertz CT molecular complexity index is 1640. The molecule has 0 amide bonds. The maximum Gasteiger partial charge on any atom is 0.243 e. The van der Waals surface area contributed by atoms with Gasteiger partial charge in [0.2, 0.25) is 15.8 Å². The normalized spacial score (nSPS) is 15.2. The van der Waals surface area contributed by atoms with Gasteiger partial charge in [-0.3, -0.25) is 0 Å². The largest absolute Gasteiger partial charge is 0.504 e. The van der Waals surface area contributed by atoms with Gasteiger partial charge in [-0.2, -0.15) is 4.31 Å². The van der Waals surface area contributed by atoms with Crippen LogP contribution in [-0.2, 0) is 29.6 Å². The topological polar surface area (TPSA) is 94.5 Å². The molecule has 0 saturated heterocycles. The van der Waals surface area contributed by atoms with Crippen molar-refractivity contribution in [1.82, 2.24) is 4.31 Å². The molecule has 0 bridgehead atoms. The molecule has 4 aromatic rings. The Morgan fingerprint density at radius 3 is 2.20 bits per heavy atom. The number of phenols is 1. The molecular formula is C32H33NO7S. The first-order valence-electron chi connectivity index (χ1n) is 13.2. The second-order valence-corrected chi connectivity index (χ2v) is 11.7. The maximum atomic E-state index is 14.3. The van der Waals surface area contributed by atoms with Crippen molar-refractivity contribution in [2.45, 2.75) is 37.4 Å². The van der Waals surface area contributed by atoms with E-state index in [9.17, 15) is 13.5 Å². The molecule has 5 rings (SSSR count). The van der Waals surface area contributed by atoms with Gasteiger partial charge >= 0.3 is 0 Å². The first-order chi connectivity index (χ1) is 19.8. The third-order valence-electron chi connectivity index (χ3n) is 7.36. The van der Waals surface area contributed by atoms with E-state index in [0.29, 0.717) is 30.1 Å². The molecule has 214 valence electrons. The molecule has 1 N–H and O–H groups in total. The van der Waals surface area contributed by atoms with E-state index >= 15 is 0 Å². The van der Waals surface area contributed by atoms with Crippen molar-refractivity contribution in [2.75, 3.05) is 21.3 Å². The lowest BCUT2D eigenvalue weighted by Crippen LogP contribution is -2.39. The van der Waals surface area contributed by atoms with Gasteiger partial charge in [-0.05, 0) is 54.8 Å². The molecule has 1 aliphatic rings. The molecule has 0 aromatic heterocycles. The number of hydrogen-bond donors (Lipinski definition) is 1. The van der Waals surface area contributed by atoms with Crippen molar-refractivity contribution in [3.8, 4) is 28.7 Å². The van der Waals surface area contributed by atoms with Crippen LogP contribution in [0.25, 0.3) is 0 Å². The van der Waals surface area contributed by atoms with Gasteiger partial charge in [0, 0.05) is 17.7 Å². The Kier molecular flexibility index (Phi) is 8.10. The van der Waals surface area contributed by atoms with Crippen molar-refractivity contribution in [3.63, 3.8) is 0 Å². The smallest absolute Gasteiger partial charge is 0.243 e. The third kappa shape index (κ3) is 5.42. The Labute approximate surface area is 240 Å². The molecule has 9 heteroatoms. The molecular weight excluding hydrogens is 542 g/mol. The summed E-state index contributed by atoms with van der Waals surface area (Å²) in [6, 6.07) is 22.8. The third-order valence-corrected chi connectivity index (χ3v) is 9.23. The molecule has 0 spiro atoms. The monoisotopic (exact) mass is 575 g/mol. The fraction of sp³-hybridized carbons (Fsp3) is 0.250. The number of sulfonamides is 1. The molecule has 1 unspecified atom stereocenters. The van der Waals surface area contributed by atoms with Gasteiger partial charge in [-0.1, -0.05) is 54.1 Å². The van der Waals surface area contributed by atoms with E-state index in [1.54, 1.807) is 37.4 Å². The molecule has 8 nitrogen and oxygen atoms in total. The lowest BCUT2D eigenvalue weighted by Gasteiger charge is -2.38. The van der Waals surface area contributed by atoms with Crippen LogP contribution >= 0.6 is 0 Å². The second kappa shape index (κ2) is 11.7. The zero-order valence-electron chi connectivity index (χ0n) is 23.5. The number of benzene rings is 4. The van der Waals surface area contributed by atoms with Crippen LogP contribution in [0.5, 0.6) is 28.7 Å². The highest BCUT2D eigenvalue weighted by Gasteiger charge is 2.40. The van der Waals surface area contributed by atoms with Crippen molar-refractivity contribution >= 4 is 10.0 Å². The SMILES string of the molecule is COc1ccc2c(c1OCc1ccccc1)CN(S(=O)(=O)c1ccc(C)cc1)C(c1ccc(O)c(OC)c1OC)C2. The second-order valence-electron chi connectivity index (χ2n) is 9.83. The van der Waals surface area contributed by atoms with E-state index < -0.39 is 16.1 Å². The van der Waals surface area contributed by atoms with Gasteiger partial charge in [-0.15, -0.1) is 0 Å². The predicted octanol–water partition coefficient (Wildman–Crippen LogP) is 5.79. The number of rotatable bonds is 9. The number of phenolic OH excluding ortho intramolecular Hbond substituents is 1. The van der Waals surface area contributed by atoms with Crippen LogP contribution in [0.1, 0.15) is 33.9 Å². The van der Waals surface area contributed by atoms with Crippen LogP contribution in [0.4, 0.5) is 0 Å². The Morgan fingerprint density at radius 1 is 0.829 bits per heavy atom. The highest BCUT2D eigenvalue weighted by Crippen LogP contribution is 2.49. The number of fused-ring (bicyclic) bond motifs is 1. The number of nitrogens with zero attached hydrogens (tertiary/aromatic N) is 1. The van der Waals surface area contributed by atoms with Gasteiger partial charge in [0.1, 0.15) is 6.61 Å². The Balaban J connectivity index is 1.66. The number of methoxy groups -OCH3 is 3. The van der Waals surface area contributed by atoms with Gasteiger partial charge in [0.05, 0.1) is 32.3 Å². The van der Waals surface area contributed by atoms with E-state index in [2.05, 4.69) is 0 Å². The quantitative estimate of drug-likeness (QED) is 0.270. The minimum Gasteiger partial charge on any atom is -0.504 e. The standard InChI is InChI=1S/C32H33NO7S/c1-21-10-13-24(14-11-21)41(35,36)33-19-26-23(18-27(33)25-15-16-28(34)32(39-4)31(25)38-3)12-17-29(37-2)30(26)40-20-22-8-6-5-7-9-22/h5-17,27,34H,18-20H2,1-4H3. The van der Waals surface area contributed by atoms with Crippen LogP contribution < -0.4 is 18.9 Å². The average Bonchev–Trinajstić information content (AvgIpc) is 2.99. The molecule has 0 radical (unpaired) electrons. The lowest BCUT2D eigenvalue weighted by atomic mass is 9.90. The van der Waals surface area contributed by atoms with Gasteiger partial charge in [-0.25, -0.2) is 8.42 Å². The average molecular weight is 576 g/mol. The molecule has 4 aromatic carbocycles. The zero-order valence-corrected chi connectivity index (χ0v) is 24.3. The molecule has 0 aliphatic carbocycles. The summed E-state index contributed by atoms with van der Waals surface area (Å²) in [5, 5.41) is 10.4. The maximum absolute atomic E-state index is 14.3. The summed E-state index contributed by atoms with van der Waals surface area (Å²) in [6.07, 6.45) is 0.330. The van der Waals surface area contributed by atoms with Crippen LogP contribution in [-0.4, -0.2) is 39.2 Å². The number of hydrogen-bond acceptors (Lipinski definition) is 7. The van der Waals surface area contributed by atoms with Crippen molar-refractivity contribution in [2.24, 2.45) is 0 Å². The first kappa shape index (κ1) is 28.3. The van der Waals surface area contributed by atoms with E-state index in [1.807, 2.05) is 49.4 Å². The Morgan fingerprint density at radius 2 is 1.54 bits per heavy atom. The molecule has 1 heterocycles. The minimum absolute atomic E-state index is 0.0316. The summed E-state index contributed by atoms with van der Waals surface area (Å²) in [4.78, 5) is 0.177. The first-order valence-corrected chi connectivity index (χ1v) is 14.6. The van der Waals surface area contributed by atoms with Crippen LogP contribution in [0.2, 0.25) is 0 Å². The molecule has 0 saturated carbocycles. The summed E-state index contributed by atoms with van der Waals surface area (Å²) < 4.78 is 53.1.